The summed E-state index contributed by atoms with van der Waals surface area (Å²) in [6.45, 7) is 4.99. The molecule has 1 aliphatic carbocycles. The molecule has 268 valence electrons. The second-order valence-corrected chi connectivity index (χ2v) is 13.8. The van der Waals surface area contributed by atoms with Crippen molar-refractivity contribution in [2.24, 2.45) is 18.7 Å². The van der Waals surface area contributed by atoms with Gasteiger partial charge in [0.1, 0.15) is 16.9 Å². The summed E-state index contributed by atoms with van der Waals surface area (Å²) < 4.78 is 51.2. The molecule has 2 aromatic carbocycles. The Morgan fingerprint density at radius 3 is 2.55 bits per heavy atom. The molecule has 5 aromatic rings. The lowest BCUT2D eigenvalue weighted by Crippen LogP contribution is -2.55. The number of benzene rings is 2. The van der Waals surface area contributed by atoms with Crippen molar-refractivity contribution in [1.29, 1.82) is 0 Å². The number of amides is 2. The number of hydrazine groups is 1. The molecule has 0 spiro atoms. The molecule has 1 saturated carbocycles. The highest BCUT2D eigenvalue weighted by atomic mass is 19.4. The van der Waals surface area contributed by atoms with Gasteiger partial charge in [0.15, 0.2) is 5.82 Å². The molecule has 0 radical (unpaired) electrons. The molecule has 2 amide bonds. The summed E-state index contributed by atoms with van der Waals surface area (Å²) in [6.07, 6.45) is -1.70. The molecule has 3 aromatic heterocycles. The Morgan fingerprint density at radius 1 is 1.08 bits per heavy atom. The average Bonchev–Trinajstić information content (AvgIpc) is 3.76. The van der Waals surface area contributed by atoms with Crippen molar-refractivity contribution < 1.29 is 27.5 Å². The van der Waals surface area contributed by atoms with Gasteiger partial charge in [-0.15, -0.1) is 0 Å². The number of halogens is 3. The molecule has 2 aliphatic rings. The van der Waals surface area contributed by atoms with E-state index in [4.69, 9.17) is 20.4 Å². The minimum Gasteiger partial charge on any atom is -0.494 e. The Labute approximate surface area is 293 Å². The van der Waals surface area contributed by atoms with Gasteiger partial charge in [0.2, 0.25) is 0 Å². The fourth-order valence-corrected chi connectivity index (χ4v) is 6.99. The van der Waals surface area contributed by atoms with Crippen molar-refractivity contribution in [3.8, 4) is 17.3 Å². The van der Waals surface area contributed by atoms with Crippen LogP contribution in [0.1, 0.15) is 69.8 Å². The molecule has 0 bridgehead atoms. The third kappa shape index (κ3) is 6.42. The first kappa shape index (κ1) is 34.5. The van der Waals surface area contributed by atoms with E-state index in [1.165, 1.54) is 19.1 Å². The maximum absolute atomic E-state index is 13.8. The number of methoxy groups -OCH3 is 1. The number of aromatic nitrogens is 4. The normalized spacial score (nSPS) is 17.7. The molecule has 2 fully saturated rings. The summed E-state index contributed by atoms with van der Waals surface area (Å²) in [4.78, 5) is 36.9. The van der Waals surface area contributed by atoms with Gasteiger partial charge in [0.25, 0.3) is 11.8 Å². The fraction of sp³-hybridized carbons (Fsp3) is 0.405. The molecule has 51 heavy (non-hydrogen) atoms. The first-order chi connectivity index (χ1) is 24.2. The van der Waals surface area contributed by atoms with E-state index in [1.54, 1.807) is 37.2 Å². The van der Waals surface area contributed by atoms with Crippen LogP contribution >= 0.6 is 0 Å². The molecule has 2 atom stereocenters. The van der Waals surface area contributed by atoms with Crippen LogP contribution in [-0.2, 0) is 19.8 Å². The number of hydrogen-bond donors (Lipinski definition) is 2. The number of nitrogens with zero attached hydrogens (tertiary/aromatic N) is 6. The van der Waals surface area contributed by atoms with Gasteiger partial charge in [-0.1, -0.05) is 12.1 Å². The van der Waals surface area contributed by atoms with Crippen molar-refractivity contribution in [1.82, 2.24) is 34.4 Å². The summed E-state index contributed by atoms with van der Waals surface area (Å²) in [5.41, 5.74) is 8.85. The average molecular weight is 703 g/mol. The Bertz CT molecular complexity index is 2170. The third-order valence-corrected chi connectivity index (χ3v) is 10.0. The number of carbonyl (C=O) groups is 2. The molecule has 7 rings (SSSR count). The van der Waals surface area contributed by atoms with Crippen LogP contribution in [0.5, 0.6) is 5.75 Å². The second kappa shape index (κ2) is 13.0. The SMILES string of the molecule is COc1cc(C(=O)N2C[C@H](N)CCN2C)cc2nc(-c3cc4ccc([C@@H](C)NC(=O)c5c(C)cccc5C(F)(F)F)nc4n3CC3CC3)n(C)c12. The molecule has 1 saturated heterocycles. The summed E-state index contributed by atoms with van der Waals surface area (Å²) in [7, 11) is 5.35. The smallest absolute Gasteiger partial charge is 0.417 e. The van der Waals surface area contributed by atoms with Crippen LogP contribution in [0.25, 0.3) is 33.6 Å². The third-order valence-electron chi connectivity index (χ3n) is 10.0. The van der Waals surface area contributed by atoms with Crippen LogP contribution in [0, 0.1) is 12.8 Å². The zero-order chi connectivity index (χ0) is 36.4. The Kier molecular flexibility index (Phi) is 8.78. The van der Waals surface area contributed by atoms with Crippen molar-refractivity contribution >= 4 is 33.9 Å². The number of fused-ring (bicyclic) bond motifs is 2. The van der Waals surface area contributed by atoms with Crippen molar-refractivity contribution in [2.45, 2.75) is 57.9 Å². The van der Waals surface area contributed by atoms with E-state index in [0.29, 0.717) is 59.5 Å². The maximum atomic E-state index is 13.8. The van der Waals surface area contributed by atoms with Crippen LogP contribution in [0.15, 0.2) is 48.5 Å². The fourth-order valence-electron chi connectivity index (χ4n) is 6.99. The van der Waals surface area contributed by atoms with E-state index < -0.39 is 29.3 Å². The lowest BCUT2D eigenvalue weighted by Gasteiger charge is -2.38. The number of hydrogen-bond acceptors (Lipinski definition) is 7. The van der Waals surface area contributed by atoms with Gasteiger partial charge in [0, 0.05) is 44.2 Å². The highest BCUT2D eigenvalue weighted by Gasteiger charge is 2.36. The van der Waals surface area contributed by atoms with Gasteiger partial charge in [0.05, 0.1) is 47.7 Å². The number of nitrogens with two attached hydrogens (primary N) is 1. The van der Waals surface area contributed by atoms with Gasteiger partial charge < -0.3 is 24.9 Å². The highest BCUT2D eigenvalue weighted by Crippen LogP contribution is 2.38. The van der Waals surface area contributed by atoms with Gasteiger partial charge in [-0.3, -0.25) is 14.6 Å². The monoisotopic (exact) mass is 702 g/mol. The van der Waals surface area contributed by atoms with E-state index in [0.717, 1.165) is 41.9 Å². The first-order valence-corrected chi connectivity index (χ1v) is 17.1. The van der Waals surface area contributed by atoms with E-state index >= 15 is 0 Å². The predicted molar refractivity (Wildman–Crippen MR) is 187 cm³/mol. The van der Waals surface area contributed by atoms with Gasteiger partial charge in [-0.25, -0.2) is 15.0 Å². The van der Waals surface area contributed by atoms with Crippen molar-refractivity contribution in [3.63, 3.8) is 0 Å². The zero-order valence-electron chi connectivity index (χ0n) is 29.2. The quantitative estimate of drug-likeness (QED) is 0.208. The van der Waals surface area contributed by atoms with Gasteiger partial charge >= 0.3 is 6.18 Å². The van der Waals surface area contributed by atoms with E-state index in [1.807, 2.05) is 35.8 Å². The van der Waals surface area contributed by atoms with E-state index in [2.05, 4.69) is 9.88 Å². The number of nitrogens with one attached hydrogen (secondary N) is 1. The molecule has 11 nitrogen and oxygen atoms in total. The number of rotatable bonds is 8. The topological polar surface area (TPSA) is 124 Å². The maximum Gasteiger partial charge on any atom is 0.417 e. The molecule has 0 unspecified atom stereocenters. The molecule has 1 aliphatic heterocycles. The number of carbonyl (C=O) groups excluding carboxylic acids is 2. The molecular weight excluding hydrogens is 661 g/mol. The number of ether oxygens (including phenoxy) is 1. The highest BCUT2D eigenvalue weighted by molar-refractivity contribution is 6.00. The lowest BCUT2D eigenvalue weighted by molar-refractivity contribution is -0.138. The minimum absolute atomic E-state index is 0.102. The Balaban J connectivity index is 1.26. The first-order valence-electron chi connectivity index (χ1n) is 17.1. The molecule has 14 heteroatoms. The van der Waals surface area contributed by atoms with Crippen LogP contribution in [0.3, 0.4) is 0 Å². The Morgan fingerprint density at radius 2 is 1.84 bits per heavy atom. The molecule has 4 heterocycles. The largest absolute Gasteiger partial charge is 0.494 e. The number of aryl methyl sites for hydroxylation is 2. The minimum atomic E-state index is -4.67. The summed E-state index contributed by atoms with van der Waals surface area (Å²) >= 11 is 0. The van der Waals surface area contributed by atoms with Gasteiger partial charge in [-0.05, 0) is 81.0 Å². The standard InChI is InChI=1S/C37H41F3N8O3/c1-20-7-6-8-26(37(38,39)40)31(20)35(49)42-21(2)27-12-11-23-16-29(47(33(23)43-27)18-22-9-10-22)34-44-28-15-24(17-30(51-5)32(28)46(34)4)36(50)48-19-25(41)13-14-45(48)3/h6-8,11-12,15-17,21-22,25H,9-10,13-14,18-19,41H2,1-5H3,(H,42,49)/t21-,25-/m1/s1. The van der Waals surface area contributed by atoms with Crippen LogP contribution < -0.4 is 15.8 Å². The number of alkyl halides is 3. The van der Waals surface area contributed by atoms with Crippen LogP contribution in [-0.4, -0.2) is 74.2 Å². The van der Waals surface area contributed by atoms with E-state index in [-0.39, 0.29) is 17.5 Å². The van der Waals surface area contributed by atoms with Crippen molar-refractivity contribution in [3.05, 3.63) is 76.5 Å². The van der Waals surface area contributed by atoms with Gasteiger partial charge in [-0.2, -0.15) is 13.2 Å². The van der Waals surface area contributed by atoms with E-state index in [9.17, 15) is 22.8 Å². The van der Waals surface area contributed by atoms with Crippen molar-refractivity contribution in [2.75, 3.05) is 27.2 Å². The second-order valence-electron chi connectivity index (χ2n) is 13.8. The number of pyridine rings is 1. The van der Waals surface area contributed by atoms with Crippen LogP contribution in [0.2, 0.25) is 0 Å². The zero-order valence-corrected chi connectivity index (χ0v) is 29.2. The lowest BCUT2D eigenvalue weighted by atomic mass is 10.00. The molecule has 3 N–H and O–H groups in total. The van der Waals surface area contributed by atoms with Crippen LogP contribution in [0.4, 0.5) is 13.2 Å². The molecular formula is C37H41F3N8O3. The summed E-state index contributed by atoms with van der Waals surface area (Å²) in [6, 6.07) is 12.1. The summed E-state index contributed by atoms with van der Waals surface area (Å²) in [5.74, 6) is 0.636. The number of imidazole rings is 1. The predicted octanol–water partition coefficient (Wildman–Crippen LogP) is 5.85. The summed E-state index contributed by atoms with van der Waals surface area (Å²) in [5, 5.41) is 7.14. The Hall–Kier alpha value is -4.95.